The van der Waals surface area contributed by atoms with Crippen LogP contribution in [0.25, 0.3) is 0 Å². The van der Waals surface area contributed by atoms with Crippen LogP contribution >= 0.6 is 11.6 Å². The summed E-state index contributed by atoms with van der Waals surface area (Å²) < 4.78 is 4.98. The molecule has 4 aromatic carbocycles. The number of benzene rings is 4. The van der Waals surface area contributed by atoms with Crippen LogP contribution in [0.2, 0.25) is 0 Å². The third kappa shape index (κ3) is 6.66. The molecule has 0 aromatic heterocycles. The molecule has 8 nitrogen and oxygen atoms in total. The van der Waals surface area contributed by atoms with E-state index in [4.69, 9.17) is 16.3 Å². The molecule has 0 unspecified atom stereocenters. The number of rotatable bonds is 10. The van der Waals surface area contributed by atoms with Crippen molar-refractivity contribution < 1.29 is 23.9 Å². The van der Waals surface area contributed by atoms with Gasteiger partial charge in [-0.1, -0.05) is 72.3 Å². The third-order valence-corrected chi connectivity index (χ3v) is 7.14. The van der Waals surface area contributed by atoms with E-state index in [-0.39, 0.29) is 28.9 Å². The molecule has 1 aliphatic rings. The van der Waals surface area contributed by atoms with E-state index in [1.807, 2.05) is 60.7 Å². The highest BCUT2D eigenvalue weighted by Gasteiger charge is 2.39. The smallest absolute Gasteiger partial charge is 0.338 e. The predicted molar refractivity (Wildman–Crippen MR) is 164 cm³/mol. The van der Waals surface area contributed by atoms with Crippen LogP contribution in [0, 0.1) is 0 Å². The molecule has 0 spiro atoms. The van der Waals surface area contributed by atoms with Crippen molar-refractivity contribution in [2.24, 2.45) is 0 Å². The maximum absolute atomic E-state index is 13.6. The molecule has 0 saturated carbocycles. The summed E-state index contributed by atoms with van der Waals surface area (Å²) in [6.07, 6.45) is 0. The van der Waals surface area contributed by atoms with Gasteiger partial charge < -0.3 is 15.0 Å². The van der Waals surface area contributed by atoms with Gasteiger partial charge in [0.15, 0.2) is 0 Å². The Hall–Kier alpha value is -5.21. The number of carbonyl (C=O) groups is 4. The van der Waals surface area contributed by atoms with Gasteiger partial charge in [0, 0.05) is 24.3 Å². The molecular weight excluding hydrogens is 566 g/mol. The zero-order valence-electron chi connectivity index (χ0n) is 23.3. The SMILES string of the molecule is CCOC(=O)c1ccc(N2C(=O)C(Cl)=C(Nc3ccc(C(=O)N(Cc4ccccc4)Cc4ccccc4)cc3)C2=O)cc1. The molecule has 9 heteroatoms. The highest BCUT2D eigenvalue weighted by atomic mass is 35.5. The van der Waals surface area contributed by atoms with Gasteiger partial charge in [0.05, 0.1) is 17.9 Å². The molecule has 0 bridgehead atoms. The number of hydrogen-bond donors (Lipinski definition) is 1. The second-order valence-corrected chi connectivity index (χ2v) is 10.1. The first kappa shape index (κ1) is 29.3. The molecule has 0 aliphatic carbocycles. The molecule has 3 amide bonds. The molecule has 1 N–H and O–H groups in total. The molecule has 4 aromatic rings. The first-order valence-corrected chi connectivity index (χ1v) is 14.0. The zero-order valence-corrected chi connectivity index (χ0v) is 24.1. The highest BCUT2D eigenvalue weighted by molar-refractivity contribution is 6.53. The molecule has 216 valence electrons. The lowest BCUT2D eigenvalue weighted by Gasteiger charge is -2.23. The fourth-order valence-corrected chi connectivity index (χ4v) is 4.85. The number of hydrogen-bond acceptors (Lipinski definition) is 6. The van der Waals surface area contributed by atoms with E-state index in [0.717, 1.165) is 16.0 Å². The largest absolute Gasteiger partial charge is 0.462 e. The summed E-state index contributed by atoms with van der Waals surface area (Å²) >= 11 is 6.29. The van der Waals surface area contributed by atoms with Gasteiger partial charge in [-0.2, -0.15) is 0 Å². The van der Waals surface area contributed by atoms with Crippen molar-refractivity contribution in [3.05, 3.63) is 142 Å². The molecule has 43 heavy (non-hydrogen) atoms. The van der Waals surface area contributed by atoms with Crippen molar-refractivity contribution in [1.29, 1.82) is 0 Å². The first-order valence-electron chi connectivity index (χ1n) is 13.7. The van der Waals surface area contributed by atoms with Crippen LogP contribution in [-0.2, 0) is 27.4 Å². The van der Waals surface area contributed by atoms with E-state index in [1.165, 1.54) is 24.3 Å². The van der Waals surface area contributed by atoms with Crippen LogP contribution in [0.4, 0.5) is 11.4 Å². The lowest BCUT2D eigenvalue weighted by molar-refractivity contribution is -0.120. The van der Waals surface area contributed by atoms with Crippen molar-refractivity contribution in [3.8, 4) is 0 Å². The first-order chi connectivity index (χ1) is 20.9. The normalized spacial score (nSPS) is 12.8. The lowest BCUT2D eigenvalue weighted by Crippen LogP contribution is -2.32. The second kappa shape index (κ2) is 13.2. The Morgan fingerprint density at radius 3 is 1.81 bits per heavy atom. The maximum Gasteiger partial charge on any atom is 0.338 e. The number of carbonyl (C=O) groups excluding carboxylic acids is 4. The summed E-state index contributed by atoms with van der Waals surface area (Å²) in [7, 11) is 0. The van der Waals surface area contributed by atoms with Gasteiger partial charge in [0.25, 0.3) is 17.7 Å². The maximum atomic E-state index is 13.6. The van der Waals surface area contributed by atoms with Gasteiger partial charge in [-0.05, 0) is 66.6 Å². The third-order valence-electron chi connectivity index (χ3n) is 6.78. The lowest BCUT2D eigenvalue weighted by atomic mass is 10.1. The minimum Gasteiger partial charge on any atom is -0.462 e. The number of ether oxygens (including phenoxy) is 1. The van der Waals surface area contributed by atoms with Crippen LogP contribution in [-0.4, -0.2) is 35.2 Å². The van der Waals surface area contributed by atoms with Gasteiger partial charge in [0.1, 0.15) is 10.7 Å². The van der Waals surface area contributed by atoms with Crippen LogP contribution < -0.4 is 10.2 Å². The summed E-state index contributed by atoms with van der Waals surface area (Å²) in [6, 6.07) is 32.1. The number of anilines is 2. The highest BCUT2D eigenvalue weighted by Crippen LogP contribution is 2.30. The molecule has 0 atom stereocenters. The zero-order chi connectivity index (χ0) is 30.3. The average molecular weight is 594 g/mol. The standard InChI is InChI=1S/C34H28ClN3O5/c1-2-43-34(42)26-15-19-28(20-16-26)38-32(40)29(35)30(33(38)41)36-27-17-13-25(14-18-27)31(39)37(21-23-9-5-3-6-10-23)22-24-11-7-4-8-12-24/h3-20,36H,2,21-22H2,1H3. The quantitative estimate of drug-likeness (QED) is 0.175. The van der Waals surface area contributed by atoms with E-state index in [9.17, 15) is 19.2 Å². The number of esters is 1. The Balaban J connectivity index is 1.30. The van der Waals surface area contributed by atoms with Crippen LogP contribution in [0.3, 0.4) is 0 Å². The number of amides is 3. The van der Waals surface area contributed by atoms with Crippen LogP contribution in [0.15, 0.2) is 120 Å². The van der Waals surface area contributed by atoms with Gasteiger partial charge in [-0.3, -0.25) is 14.4 Å². The van der Waals surface area contributed by atoms with Crippen LogP contribution in [0.1, 0.15) is 38.8 Å². The van der Waals surface area contributed by atoms with Crippen molar-refractivity contribution in [2.75, 3.05) is 16.8 Å². The fourth-order valence-electron chi connectivity index (χ4n) is 4.64. The second-order valence-electron chi connectivity index (χ2n) is 9.74. The Kier molecular flexibility index (Phi) is 8.98. The van der Waals surface area contributed by atoms with Gasteiger partial charge in [-0.15, -0.1) is 0 Å². The monoisotopic (exact) mass is 593 g/mol. The molecule has 0 saturated heterocycles. The van der Waals surface area contributed by atoms with Crippen molar-refractivity contribution in [1.82, 2.24) is 4.90 Å². The van der Waals surface area contributed by atoms with E-state index >= 15 is 0 Å². The van der Waals surface area contributed by atoms with Gasteiger partial charge in [-0.25, -0.2) is 9.69 Å². The molecule has 0 fully saturated rings. The summed E-state index contributed by atoms with van der Waals surface area (Å²) in [5, 5.41) is 2.66. The molecule has 0 radical (unpaired) electrons. The molecule has 1 aliphatic heterocycles. The number of nitrogens with one attached hydrogen (secondary N) is 1. The van der Waals surface area contributed by atoms with Gasteiger partial charge >= 0.3 is 5.97 Å². The average Bonchev–Trinajstić information content (AvgIpc) is 3.24. The topological polar surface area (TPSA) is 96.0 Å². The van der Waals surface area contributed by atoms with Crippen molar-refractivity contribution in [3.63, 3.8) is 0 Å². The number of nitrogens with zero attached hydrogens (tertiary/aromatic N) is 2. The Morgan fingerprint density at radius 1 is 0.744 bits per heavy atom. The Bertz CT molecular complexity index is 1630. The predicted octanol–water partition coefficient (Wildman–Crippen LogP) is 6.14. The van der Waals surface area contributed by atoms with E-state index < -0.39 is 17.8 Å². The Labute approximate surface area is 254 Å². The fraction of sp³-hybridized carbons (Fsp3) is 0.118. The summed E-state index contributed by atoms with van der Waals surface area (Å²) in [5.74, 6) is -1.99. The van der Waals surface area contributed by atoms with Crippen molar-refractivity contribution in [2.45, 2.75) is 20.0 Å². The van der Waals surface area contributed by atoms with E-state index in [2.05, 4.69) is 5.32 Å². The number of halogens is 1. The van der Waals surface area contributed by atoms with E-state index in [1.54, 1.807) is 36.1 Å². The molecule has 5 rings (SSSR count). The minimum absolute atomic E-state index is 0.0880. The summed E-state index contributed by atoms with van der Waals surface area (Å²) in [6.45, 7) is 2.80. The summed E-state index contributed by atoms with van der Waals surface area (Å²) in [5.41, 5.74) is 3.43. The number of imide groups is 1. The molecular formula is C34H28ClN3O5. The molecule has 1 heterocycles. The van der Waals surface area contributed by atoms with Crippen LogP contribution in [0.5, 0.6) is 0 Å². The van der Waals surface area contributed by atoms with Crippen molar-refractivity contribution >= 4 is 46.7 Å². The minimum atomic E-state index is -0.692. The van der Waals surface area contributed by atoms with E-state index in [0.29, 0.717) is 29.9 Å². The van der Waals surface area contributed by atoms with Gasteiger partial charge in [0.2, 0.25) is 0 Å². The summed E-state index contributed by atoms with van der Waals surface area (Å²) in [4.78, 5) is 54.4. The Morgan fingerprint density at radius 2 is 1.28 bits per heavy atom.